The monoisotopic (exact) mass is 616 g/mol. The first-order valence-corrected chi connectivity index (χ1v) is 12.5. The van der Waals surface area contributed by atoms with Gasteiger partial charge in [0, 0.05) is 17.9 Å². The van der Waals surface area contributed by atoms with E-state index in [1.807, 2.05) is 23.4 Å². The molecule has 5 rings (SSSR count). The number of nitrogens with zero attached hydrogens (tertiary/aromatic N) is 3. The Morgan fingerprint density at radius 1 is 0.900 bits per heavy atom. The highest BCUT2D eigenvalue weighted by Gasteiger charge is 2.34. The predicted molar refractivity (Wildman–Crippen MR) is 146 cm³/mol. The molecule has 0 radical (unpaired) electrons. The number of nitrogens with one attached hydrogen (secondary N) is 1. The Kier molecular flexibility index (Phi) is 8.84. The lowest BCUT2D eigenvalue weighted by Crippen LogP contribution is -2.06. The molecule has 0 saturated carbocycles. The zero-order chi connectivity index (χ0) is 29.1. The SMILES string of the molecule is FC(F)(F)c1cc(N=C=S)ccc1Cl.FC(F)(F)c1cc(Nc2nc3ccc(C4=NCCC4)cc3o2)ccc1Cl. The van der Waals surface area contributed by atoms with Crippen LogP contribution in [0.5, 0.6) is 0 Å². The van der Waals surface area contributed by atoms with Crippen molar-refractivity contribution in [1.29, 1.82) is 0 Å². The van der Waals surface area contributed by atoms with Gasteiger partial charge in [-0.2, -0.15) is 36.3 Å². The number of halogens is 8. The third-order valence-electron chi connectivity index (χ3n) is 5.55. The molecule has 1 aromatic heterocycles. The molecule has 0 bridgehead atoms. The van der Waals surface area contributed by atoms with Gasteiger partial charge in [0.2, 0.25) is 0 Å². The van der Waals surface area contributed by atoms with Crippen LogP contribution in [-0.2, 0) is 12.4 Å². The van der Waals surface area contributed by atoms with Crippen LogP contribution >= 0.6 is 35.4 Å². The number of fused-ring (bicyclic) bond motifs is 1. The Bertz CT molecular complexity index is 1630. The summed E-state index contributed by atoms with van der Waals surface area (Å²) >= 11 is 15.3. The molecular weight excluding hydrogens is 601 g/mol. The molecule has 208 valence electrons. The number of rotatable bonds is 4. The van der Waals surface area contributed by atoms with Crippen molar-refractivity contribution in [2.75, 3.05) is 11.9 Å². The maximum atomic E-state index is 13.0. The Morgan fingerprint density at radius 2 is 1.57 bits per heavy atom. The molecule has 0 unspecified atom stereocenters. The van der Waals surface area contributed by atoms with Gasteiger partial charge in [-0.05, 0) is 79.2 Å². The number of aromatic nitrogens is 1. The number of hydrogen-bond donors (Lipinski definition) is 1. The molecule has 1 N–H and O–H groups in total. The van der Waals surface area contributed by atoms with Crippen LogP contribution in [0, 0.1) is 0 Å². The molecule has 4 aromatic rings. The van der Waals surface area contributed by atoms with Crippen LogP contribution in [0.4, 0.5) is 43.7 Å². The molecule has 0 saturated heterocycles. The second kappa shape index (κ2) is 12.0. The summed E-state index contributed by atoms with van der Waals surface area (Å²) in [7, 11) is 0. The van der Waals surface area contributed by atoms with Gasteiger partial charge in [-0.1, -0.05) is 29.3 Å². The summed E-state index contributed by atoms with van der Waals surface area (Å²) in [5.41, 5.74) is 1.59. The molecule has 5 nitrogen and oxygen atoms in total. The van der Waals surface area contributed by atoms with Crippen LogP contribution in [0.15, 0.2) is 69.0 Å². The quantitative estimate of drug-likeness (QED) is 0.141. The normalized spacial score (nSPS) is 13.3. The average molecular weight is 617 g/mol. The Morgan fingerprint density at radius 3 is 2.20 bits per heavy atom. The van der Waals surface area contributed by atoms with Crippen LogP contribution in [0.1, 0.15) is 29.5 Å². The first-order valence-electron chi connectivity index (χ1n) is 11.4. The number of anilines is 2. The zero-order valence-electron chi connectivity index (χ0n) is 20.0. The van der Waals surface area contributed by atoms with Gasteiger partial charge in [0.05, 0.1) is 32.0 Å². The van der Waals surface area contributed by atoms with E-state index < -0.39 is 23.5 Å². The van der Waals surface area contributed by atoms with Gasteiger partial charge < -0.3 is 9.73 Å². The van der Waals surface area contributed by atoms with E-state index in [0.717, 1.165) is 48.9 Å². The molecule has 1 aliphatic heterocycles. The maximum absolute atomic E-state index is 13.0. The minimum absolute atomic E-state index is 0.0803. The summed E-state index contributed by atoms with van der Waals surface area (Å²) in [6.07, 6.45) is -7.05. The van der Waals surface area contributed by atoms with E-state index >= 15 is 0 Å². The lowest BCUT2D eigenvalue weighted by molar-refractivity contribution is -0.138. The Labute approximate surface area is 238 Å². The molecule has 2 heterocycles. The van der Waals surface area contributed by atoms with Crippen LogP contribution < -0.4 is 5.32 Å². The van der Waals surface area contributed by atoms with Gasteiger partial charge >= 0.3 is 12.4 Å². The number of benzene rings is 3. The number of isothiocyanates is 1. The summed E-state index contributed by atoms with van der Waals surface area (Å²) in [4.78, 5) is 12.1. The van der Waals surface area contributed by atoms with Crippen LogP contribution in [0.25, 0.3) is 11.1 Å². The highest BCUT2D eigenvalue weighted by molar-refractivity contribution is 7.78. The highest BCUT2D eigenvalue weighted by Crippen LogP contribution is 2.38. The number of alkyl halides is 6. The van der Waals surface area contributed by atoms with Gasteiger partial charge in [0.15, 0.2) is 5.58 Å². The minimum Gasteiger partial charge on any atom is -0.423 e. The van der Waals surface area contributed by atoms with Gasteiger partial charge in [-0.25, -0.2) is 0 Å². The fourth-order valence-corrected chi connectivity index (χ4v) is 4.28. The fourth-order valence-electron chi connectivity index (χ4n) is 3.73. The maximum Gasteiger partial charge on any atom is 0.417 e. The van der Waals surface area contributed by atoms with Crippen molar-refractivity contribution in [1.82, 2.24) is 4.98 Å². The standard InChI is InChI=1S/C18H13ClF3N3O.C8H3ClF3NS/c19-13-5-4-11(9-12(13)18(20,21)22)24-17-25-15-6-3-10(8-16(15)26-17)14-2-1-7-23-14;9-7-2-1-5(13-4-14)3-6(7)8(10,11)12/h3-6,8-9H,1-2,7H2,(H,24,25);1-3H. The fraction of sp³-hybridized carbons (Fsp3) is 0.192. The average Bonchev–Trinajstić information content (AvgIpc) is 3.55. The highest BCUT2D eigenvalue weighted by atomic mass is 35.5. The molecule has 3 aromatic carbocycles. The summed E-state index contributed by atoms with van der Waals surface area (Å²) in [5, 5.41) is 4.02. The minimum atomic E-state index is -4.53. The lowest BCUT2D eigenvalue weighted by atomic mass is 10.1. The molecule has 0 atom stereocenters. The molecule has 0 aliphatic carbocycles. The molecule has 1 aliphatic rings. The first-order chi connectivity index (χ1) is 18.8. The second-order valence-corrected chi connectivity index (χ2v) is 9.31. The molecule has 0 spiro atoms. The summed E-state index contributed by atoms with van der Waals surface area (Å²) in [6.45, 7) is 0.828. The molecule has 0 amide bonds. The number of hydrogen-bond acceptors (Lipinski definition) is 6. The third-order valence-corrected chi connectivity index (χ3v) is 6.30. The third kappa shape index (κ3) is 7.19. The Balaban J connectivity index is 0.000000224. The number of aliphatic imine (C=N–C) groups is 2. The van der Waals surface area contributed by atoms with Gasteiger partial charge in [-0.3, -0.25) is 4.99 Å². The molecular formula is C26H16Cl2F6N4OS. The molecule has 40 heavy (non-hydrogen) atoms. The van der Waals surface area contributed by atoms with E-state index in [0.29, 0.717) is 11.1 Å². The van der Waals surface area contributed by atoms with E-state index in [1.54, 1.807) is 0 Å². The van der Waals surface area contributed by atoms with Crippen LogP contribution in [-0.4, -0.2) is 22.4 Å². The molecule has 0 fully saturated rings. The predicted octanol–water partition coefficient (Wildman–Crippen LogP) is 9.92. The van der Waals surface area contributed by atoms with Gasteiger partial charge in [-0.15, -0.1) is 0 Å². The number of oxazole rings is 1. The van der Waals surface area contributed by atoms with Crippen molar-refractivity contribution in [2.24, 2.45) is 9.98 Å². The summed E-state index contributed by atoms with van der Waals surface area (Å²) in [6, 6.07) is 12.5. The van der Waals surface area contributed by atoms with E-state index in [9.17, 15) is 26.3 Å². The van der Waals surface area contributed by atoms with Crippen molar-refractivity contribution >= 4 is 74.8 Å². The van der Waals surface area contributed by atoms with Crippen molar-refractivity contribution in [2.45, 2.75) is 25.2 Å². The van der Waals surface area contributed by atoms with Crippen molar-refractivity contribution < 1.29 is 30.8 Å². The van der Waals surface area contributed by atoms with Crippen molar-refractivity contribution in [3.63, 3.8) is 0 Å². The first kappa shape index (κ1) is 29.5. The summed E-state index contributed by atoms with van der Waals surface area (Å²) < 4.78 is 81.4. The second-order valence-electron chi connectivity index (χ2n) is 8.32. The smallest absolute Gasteiger partial charge is 0.417 e. The summed E-state index contributed by atoms with van der Waals surface area (Å²) in [5.74, 6) is 0. The van der Waals surface area contributed by atoms with E-state index in [4.69, 9.17) is 27.6 Å². The van der Waals surface area contributed by atoms with Crippen LogP contribution in [0.3, 0.4) is 0 Å². The van der Waals surface area contributed by atoms with E-state index in [-0.39, 0.29) is 27.4 Å². The zero-order valence-corrected chi connectivity index (χ0v) is 22.3. The Hall–Kier alpha value is -3.44. The van der Waals surface area contributed by atoms with Gasteiger partial charge in [0.1, 0.15) is 5.52 Å². The molecule has 14 heteroatoms. The largest absolute Gasteiger partial charge is 0.423 e. The van der Waals surface area contributed by atoms with Crippen LogP contribution in [0.2, 0.25) is 10.0 Å². The lowest BCUT2D eigenvalue weighted by Gasteiger charge is -2.10. The van der Waals surface area contributed by atoms with Crippen molar-refractivity contribution in [3.05, 3.63) is 81.3 Å². The number of thiocarbonyl (C=S) groups is 1. The van der Waals surface area contributed by atoms with Crippen molar-refractivity contribution in [3.8, 4) is 0 Å². The van der Waals surface area contributed by atoms with E-state index in [1.165, 1.54) is 18.2 Å². The topological polar surface area (TPSA) is 62.8 Å². The van der Waals surface area contributed by atoms with Gasteiger partial charge in [0.25, 0.3) is 6.01 Å². The van der Waals surface area contributed by atoms with E-state index in [2.05, 4.69) is 32.5 Å².